The summed E-state index contributed by atoms with van der Waals surface area (Å²) in [7, 11) is 0. The molecular formula is C32H45N7OS. The minimum atomic E-state index is -0.109. The number of hydrogen-bond acceptors (Lipinski definition) is 8. The van der Waals surface area contributed by atoms with Crippen molar-refractivity contribution in [3.8, 4) is 0 Å². The second-order valence-corrected chi connectivity index (χ2v) is 11.1. The quantitative estimate of drug-likeness (QED) is 0.141. The summed E-state index contributed by atoms with van der Waals surface area (Å²) in [6.45, 7) is 24.2. The Bertz CT molecular complexity index is 1270. The van der Waals surface area contributed by atoms with Crippen molar-refractivity contribution < 1.29 is 4.79 Å². The van der Waals surface area contributed by atoms with Gasteiger partial charge in [0.2, 0.25) is 11.0 Å². The molecule has 0 aliphatic heterocycles. The van der Waals surface area contributed by atoms with Crippen LogP contribution in [0.25, 0.3) is 0 Å². The monoisotopic (exact) mass is 575 g/mol. The summed E-state index contributed by atoms with van der Waals surface area (Å²) in [5.41, 5.74) is 5.99. The third-order valence-corrected chi connectivity index (χ3v) is 7.08. The Morgan fingerprint density at radius 3 is 2.39 bits per heavy atom. The number of rotatable bonds is 18. The number of hydrogen-bond donors (Lipinski definition) is 2. The molecular weight excluding hydrogens is 530 g/mol. The van der Waals surface area contributed by atoms with Crippen LogP contribution < -0.4 is 10.6 Å². The first-order valence-corrected chi connectivity index (χ1v) is 14.9. The normalized spacial score (nSPS) is 11.9. The molecule has 2 rings (SSSR count). The lowest BCUT2D eigenvalue weighted by molar-refractivity contribution is -0.115. The SMILES string of the molecule is C=C(/C=C(\C)CN(CC)C(=C)C)CC(=C)Nc1nnc(CCCCc2ccc(NC(=O)CC(/C=C\C)=C/C)nn2)s1. The molecule has 220 valence electrons. The molecule has 0 saturated heterocycles. The van der Waals surface area contributed by atoms with Crippen molar-refractivity contribution in [2.24, 2.45) is 0 Å². The molecule has 8 nitrogen and oxygen atoms in total. The largest absolute Gasteiger partial charge is 0.372 e. The van der Waals surface area contributed by atoms with E-state index in [1.165, 1.54) is 5.57 Å². The Morgan fingerprint density at radius 2 is 1.76 bits per heavy atom. The van der Waals surface area contributed by atoms with Crippen LogP contribution in [0.4, 0.5) is 10.9 Å². The van der Waals surface area contributed by atoms with E-state index >= 15 is 0 Å². The summed E-state index contributed by atoms with van der Waals surface area (Å²) in [6, 6.07) is 3.71. The van der Waals surface area contributed by atoms with E-state index in [1.807, 2.05) is 45.1 Å². The minimum absolute atomic E-state index is 0.109. The first kappa shape index (κ1) is 33.4. The molecule has 2 N–H and O–H groups in total. The summed E-state index contributed by atoms with van der Waals surface area (Å²) in [5, 5.41) is 24.8. The average Bonchev–Trinajstić information content (AvgIpc) is 3.36. The Labute approximate surface area is 249 Å². The summed E-state index contributed by atoms with van der Waals surface area (Å²) < 4.78 is 0. The van der Waals surface area contributed by atoms with Gasteiger partial charge in [-0.1, -0.05) is 61.0 Å². The first-order chi connectivity index (χ1) is 19.6. The van der Waals surface area contributed by atoms with Gasteiger partial charge in [0.25, 0.3) is 0 Å². The zero-order valence-electron chi connectivity index (χ0n) is 25.3. The van der Waals surface area contributed by atoms with Gasteiger partial charge in [-0.25, -0.2) is 0 Å². The highest BCUT2D eigenvalue weighted by Gasteiger charge is 2.09. The molecule has 0 fully saturated rings. The van der Waals surface area contributed by atoms with Crippen LogP contribution in [0.2, 0.25) is 0 Å². The second-order valence-electron chi connectivity index (χ2n) is 10.0. The number of nitrogens with one attached hydrogen (secondary N) is 2. The van der Waals surface area contributed by atoms with Crippen LogP contribution in [0.1, 0.15) is 71.0 Å². The fourth-order valence-corrected chi connectivity index (χ4v) is 4.95. The molecule has 2 aromatic rings. The Kier molecular flexibility index (Phi) is 14.4. The van der Waals surface area contributed by atoms with Gasteiger partial charge in [-0.2, -0.15) is 5.10 Å². The van der Waals surface area contributed by atoms with Gasteiger partial charge in [0.05, 0.1) is 12.1 Å². The third-order valence-electron chi connectivity index (χ3n) is 6.18. The second kappa shape index (κ2) is 17.8. The highest BCUT2D eigenvalue weighted by Crippen LogP contribution is 2.21. The van der Waals surface area contributed by atoms with Gasteiger partial charge in [0.1, 0.15) is 5.01 Å². The zero-order valence-corrected chi connectivity index (χ0v) is 26.1. The van der Waals surface area contributed by atoms with Crippen LogP contribution in [0.3, 0.4) is 0 Å². The molecule has 1 amide bonds. The van der Waals surface area contributed by atoms with Crippen LogP contribution in [0.15, 0.2) is 84.3 Å². The fraction of sp³-hybridized carbons (Fsp3) is 0.406. The lowest BCUT2D eigenvalue weighted by Gasteiger charge is -2.23. The Balaban J connectivity index is 1.72. The molecule has 0 unspecified atom stereocenters. The van der Waals surface area contributed by atoms with Crippen LogP contribution in [0.5, 0.6) is 0 Å². The average molecular weight is 576 g/mol. The van der Waals surface area contributed by atoms with E-state index < -0.39 is 0 Å². The van der Waals surface area contributed by atoms with Crippen molar-refractivity contribution in [1.82, 2.24) is 25.3 Å². The number of carbonyl (C=O) groups excluding carboxylic acids is 1. The van der Waals surface area contributed by atoms with Crippen LogP contribution >= 0.6 is 11.3 Å². The van der Waals surface area contributed by atoms with Crippen LogP contribution in [-0.2, 0) is 17.6 Å². The third kappa shape index (κ3) is 12.9. The van der Waals surface area contributed by atoms with Gasteiger partial charge >= 0.3 is 0 Å². The Hall–Kier alpha value is -3.85. The molecule has 0 bridgehead atoms. The molecule has 9 heteroatoms. The molecule has 0 aliphatic rings. The standard InChI is InChI=1S/C32H45N7OS/c1-9-14-27(10-2)21-30(40)34-29-18-17-28(35-36-29)15-12-13-16-31-37-38-32(41-31)33-26(8)20-24(6)19-25(7)22-39(11-3)23(4)5/h9-10,14,17-19H,4,6,8,11-13,15-16,20-22H2,1-3,5,7H3,(H,33,38)(H,34,36,40)/b14-9-,25-19+,27-10+. The summed E-state index contributed by atoms with van der Waals surface area (Å²) in [5.74, 6) is 0.355. The predicted molar refractivity (Wildman–Crippen MR) is 173 cm³/mol. The maximum absolute atomic E-state index is 12.2. The lowest BCUT2D eigenvalue weighted by Crippen LogP contribution is -2.22. The summed E-state index contributed by atoms with van der Waals surface area (Å²) >= 11 is 1.55. The van der Waals surface area contributed by atoms with Gasteiger partial charge in [-0.05, 0) is 77.2 Å². The van der Waals surface area contributed by atoms with E-state index in [-0.39, 0.29) is 5.91 Å². The maximum atomic E-state index is 12.2. The summed E-state index contributed by atoms with van der Waals surface area (Å²) in [6.07, 6.45) is 12.4. The topological polar surface area (TPSA) is 95.9 Å². The highest BCUT2D eigenvalue weighted by atomic mass is 32.1. The molecule has 0 radical (unpaired) electrons. The molecule has 0 aliphatic carbocycles. The van der Waals surface area contributed by atoms with Gasteiger partial charge in [0, 0.05) is 37.3 Å². The molecule has 0 aromatic carbocycles. The molecule has 0 spiro atoms. The van der Waals surface area contributed by atoms with E-state index in [4.69, 9.17) is 0 Å². The van der Waals surface area contributed by atoms with Gasteiger partial charge in [-0.15, -0.1) is 15.3 Å². The number of aryl methyl sites for hydroxylation is 2. The molecule has 41 heavy (non-hydrogen) atoms. The number of likely N-dealkylation sites (N-methyl/N-ethyl adjacent to an activating group) is 1. The van der Waals surface area contributed by atoms with Crippen molar-refractivity contribution in [2.45, 2.75) is 73.1 Å². The summed E-state index contributed by atoms with van der Waals surface area (Å²) in [4.78, 5) is 14.4. The fourth-order valence-electron chi connectivity index (χ4n) is 4.12. The van der Waals surface area contributed by atoms with Crippen molar-refractivity contribution in [2.75, 3.05) is 23.7 Å². The molecule has 0 atom stereocenters. The smallest absolute Gasteiger partial charge is 0.229 e. The van der Waals surface area contributed by atoms with E-state index in [2.05, 4.69) is 75.6 Å². The molecule has 2 heterocycles. The molecule has 0 saturated carbocycles. The van der Waals surface area contributed by atoms with Crippen molar-refractivity contribution in [1.29, 1.82) is 0 Å². The van der Waals surface area contributed by atoms with Crippen LogP contribution in [-0.4, -0.2) is 44.3 Å². The number of anilines is 2. The maximum Gasteiger partial charge on any atom is 0.229 e. The van der Waals surface area contributed by atoms with E-state index in [0.717, 1.165) is 77.1 Å². The van der Waals surface area contributed by atoms with E-state index in [1.54, 1.807) is 17.4 Å². The number of unbranched alkanes of at least 4 members (excludes halogenated alkanes) is 1. The number of aromatic nitrogens is 4. The minimum Gasteiger partial charge on any atom is -0.372 e. The zero-order chi connectivity index (χ0) is 30.2. The van der Waals surface area contributed by atoms with Gasteiger partial charge in [0.15, 0.2) is 5.82 Å². The van der Waals surface area contributed by atoms with E-state index in [0.29, 0.717) is 18.7 Å². The van der Waals surface area contributed by atoms with Gasteiger partial charge in [-0.3, -0.25) is 4.79 Å². The lowest BCUT2D eigenvalue weighted by atomic mass is 10.1. The Morgan fingerprint density at radius 1 is 1.00 bits per heavy atom. The highest BCUT2D eigenvalue weighted by molar-refractivity contribution is 7.15. The van der Waals surface area contributed by atoms with Gasteiger partial charge < -0.3 is 15.5 Å². The number of nitrogens with zero attached hydrogens (tertiary/aromatic N) is 5. The number of amides is 1. The van der Waals surface area contributed by atoms with Crippen molar-refractivity contribution in [3.63, 3.8) is 0 Å². The number of allylic oxidation sites excluding steroid dienone is 6. The predicted octanol–water partition coefficient (Wildman–Crippen LogP) is 7.42. The first-order valence-electron chi connectivity index (χ1n) is 14.1. The van der Waals surface area contributed by atoms with E-state index in [9.17, 15) is 4.79 Å². The van der Waals surface area contributed by atoms with Crippen molar-refractivity contribution in [3.05, 3.63) is 95.0 Å². The van der Waals surface area contributed by atoms with Crippen LogP contribution in [0, 0.1) is 0 Å². The molecule has 2 aromatic heterocycles. The number of carbonyl (C=O) groups is 1. The van der Waals surface area contributed by atoms with Crippen molar-refractivity contribution >= 4 is 28.2 Å².